The molecule has 108 valence electrons. The lowest BCUT2D eigenvalue weighted by Crippen LogP contribution is -2.21. The van der Waals surface area contributed by atoms with Crippen molar-refractivity contribution in [2.24, 2.45) is 7.05 Å². The zero-order valence-electron chi connectivity index (χ0n) is 11.6. The van der Waals surface area contributed by atoms with Crippen LogP contribution in [0.25, 0.3) is 10.8 Å². The number of nitrogen functional groups attached to an aromatic ring is 1. The Bertz CT molecular complexity index is 825. The summed E-state index contributed by atoms with van der Waals surface area (Å²) < 4.78 is 1.40. The third-order valence-electron chi connectivity index (χ3n) is 3.38. The predicted octanol–water partition coefficient (Wildman–Crippen LogP) is 2.53. The van der Waals surface area contributed by atoms with Crippen molar-refractivity contribution in [2.75, 3.05) is 5.73 Å². The van der Waals surface area contributed by atoms with Gasteiger partial charge in [0.15, 0.2) is 0 Å². The fourth-order valence-electron chi connectivity index (χ4n) is 2.34. The lowest BCUT2D eigenvalue weighted by molar-refractivity contribution is 0.697. The second-order valence-electron chi connectivity index (χ2n) is 4.84. The fraction of sp³-hybridized carbons (Fsp3) is 0.125. The molecule has 0 fully saturated rings. The summed E-state index contributed by atoms with van der Waals surface area (Å²) in [5.74, 6) is 0. The molecule has 3 aromatic rings. The first kappa shape index (κ1) is 15.1. The van der Waals surface area contributed by atoms with Crippen LogP contribution in [-0.4, -0.2) is 9.78 Å². The summed E-state index contributed by atoms with van der Waals surface area (Å²) in [4.78, 5) is 12.1. The molecule has 2 N–H and O–H groups in total. The van der Waals surface area contributed by atoms with E-state index in [0.29, 0.717) is 11.8 Å². The monoisotopic (exact) mass is 301 g/mol. The molecular weight excluding hydrogens is 286 g/mol. The van der Waals surface area contributed by atoms with E-state index in [9.17, 15) is 4.79 Å². The molecule has 21 heavy (non-hydrogen) atoms. The summed E-state index contributed by atoms with van der Waals surface area (Å²) in [5.41, 5.74) is 8.38. The highest BCUT2D eigenvalue weighted by Gasteiger charge is 2.08. The molecule has 3 rings (SSSR count). The van der Waals surface area contributed by atoms with Gasteiger partial charge in [-0.2, -0.15) is 5.10 Å². The molecule has 0 radical (unpaired) electrons. The maximum atomic E-state index is 12.1. The predicted molar refractivity (Wildman–Crippen MR) is 87.9 cm³/mol. The van der Waals surface area contributed by atoms with Gasteiger partial charge in [0, 0.05) is 24.5 Å². The number of benzene rings is 2. The van der Waals surface area contributed by atoms with Crippen molar-refractivity contribution in [3.63, 3.8) is 0 Å². The number of rotatable bonds is 2. The molecule has 0 amide bonds. The van der Waals surface area contributed by atoms with E-state index in [1.807, 2.05) is 48.5 Å². The number of hydrogen-bond acceptors (Lipinski definition) is 3. The Morgan fingerprint density at radius 3 is 2.33 bits per heavy atom. The smallest absolute Gasteiger partial charge is 0.274 e. The Kier molecular flexibility index (Phi) is 4.29. The van der Waals surface area contributed by atoms with Gasteiger partial charge >= 0.3 is 0 Å². The zero-order valence-corrected chi connectivity index (χ0v) is 12.4. The van der Waals surface area contributed by atoms with Gasteiger partial charge in [0.1, 0.15) is 0 Å². The highest BCUT2D eigenvalue weighted by molar-refractivity contribution is 5.85. The minimum atomic E-state index is -0.0679. The normalized spacial score (nSPS) is 10.3. The number of hydrogen-bond donors (Lipinski definition) is 1. The van der Waals surface area contributed by atoms with Crippen molar-refractivity contribution >= 4 is 28.9 Å². The molecule has 0 saturated heterocycles. The summed E-state index contributed by atoms with van der Waals surface area (Å²) in [6.07, 6.45) is 0.676. The first-order valence-electron chi connectivity index (χ1n) is 6.44. The van der Waals surface area contributed by atoms with E-state index in [-0.39, 0.29) is 18.0 Å². The number of fused-ring (bicyclic) bond motifs is 1. The van der Waals surface area contributed by atoms with Crippen LogP contribution < -0.4 is 11.3 Å². The molecule has 1 aromatic heterocycles. The van der Waals surface area contributed by atoms with Crippen molar-refractivity contribution in [3.8, 4) is 0 Å². The number of aromatic nitrogens is 2. The van der Waals surface area contributed by atoms with Crippen LogP contribution in [0.1, 0.15) is 11.3 Å². The molecule has 2 aromatic carbocycles. The van der Waals surface area contributed by atoms with Crippen molar-refractivity contribution < 1.29 is 0 Å². The van der Waals surface area contributed by atoms with E-state index in [4.69, 9.17) is 5.73 Å². The van der Waals surface area contributed by atoms with Crippen molar-refractivity contribution in [1.29, 1.82) is 0 Å². The number of nitrogens with two attached hydrogens (primary N) is 1. The second kappa shape index (κ2) is 5.97. The molecule has 0 aliphatic heterocycles. The van der Waals surface area contributed by atoms with Gasteiger partial charge in [-0.15, -0.1) is 12.4 Å². The van der Waals surface area contributed by atoms with Gasteiger partial charge in [-0.1, -0.05) is 30.3 Å². The van der Waals surface area contributed by atoms with Crippen LogP contribution in [-0.2, 0) is 13.5 Å². The first-order valence-corrected chi connectivity index (χ1v) is 6.44. The second-order valence-corrected chi connectivity index (χ2v) is 4.84. The van der Waals surface area contributed by atoms with E-state index in [1.165, 1.54) is 4.68 Å². The van der Waals surface area contributed by atoms with E-state index in [1.54, 1.807) is 7.05 Å². The minimum absolute atomic E-state index is 0. The molecule has 0 bridgehead atoms. The number of halogens is 1. The molecule has 1 heterocycles. The van der Waals surface area contributed by atoms with E-state index in [0.717, 1.165) is 22.3 Å². The van der Waals surface area contributed by atoms with Gasteiger partial charge in [0.25, 0.3) is 5.56 Å². The van der Waals surface area contributed by atoms with Gasteiger partial charge in [-0.3, -0.25) is 4.79 Å². The molecule has 0 atom stereocenters. The van der Waals surface area contributed by atoms with Crippen LogP contribution in [0.2, 0.25) is 0 Å². The number of aryl methyl sites for hydroxylation is 1. The Morgan fingerprint density at radius 2 is 1.67 bits per heavy atom. The van der Waals surface area contributed by atoms with Crippen molar-refractivity contribution in [1.82, 2.24) is 9.78 Å². The Hall–Kier alpha value is -2.33. The van der Waals surface area contributed by atoms with Gasteiger partial charge in [-0.05, 0) is 23.8 Å². The summed E-state index contributed by atoms with van der Waals surface area (Å²) in [7, 11) is 1.68. The Balaban J connectivity index is 0.00000161. The van der Waals surface area contributed by atoms with Crippen molar-refractivity contribution in [2.45, 2.75) is 6.42 Å². The summed E-state index contributed by atoms with van der Waals surface area (Å²) in [6.45, 7) is 0. The SMILES string of the molecule is Cl.Cn1nc(Cc2ccc(N)cc2)c2ccccc2c1=O. The topological polar surface area (TPSA) is 60.9 Å². The molecule has 0 aliphatic rings. The number of nitrogens with zero attached hydrogens (tertiary/aromatic N) is 2. The van der Waals surface area contributed by atoms with Gasteiger partial charge in [0.05, 0.1) is 11.1 Å². The molecule has 5 heteroatoms. The molecule has 0 unspecified atom stereocenters. The van der Waals surface area contributed by atoms with Crippen LogP contribution in [0.3, 0.4) is 0 Å². The summed E-state index contributed by atoms with van der Waals surface area (Å²) >= 11 is 0. The lowest BCUT2D eigenvalue weighted by Gasteiger charge is -2.08. The van der Waals surface area contributed by atoms with Crippen LogP contribution in [0.5, 0.6) is 0 Å². The quantitative estimate of drug-likeness (QED) is 0.740. The maximum absolute atomic E-state index is 12.1. The van der Waals surface area contributed by atoms with Gasteiger partial charge in [0.2, 0.25) is 0 Å². The largest absolute Gasteiger partial charge is 0.399 e. The minimum Gasteiger partial charge on any atom is -0.399 e. The van der Waals surface area contributed by atoms with Crippen LogP contribution in [0.4, 0.5) is 5.69 Å². The Morgan fingerprint density at radius 1 is 1.05 bits per heavy atom. The van der Waals surface area contributed by atoms with E-state index >= 15 is 0 Å². The molecule has 0 saturated carbocycles. The lowest BCUT2D eigenvalue weighted by atomic mass is 10.0. The third-order valence-corrected chi connectivity index (χ3v) is 3.38. The molecule has 0 aliphatic carbocycles. The van der Waals surface area contributed by atoms with Gasteiger partial charge < -0.3 is 5.73 Å². The summed E-state index contributed by atoms with van der Waals surface area (Å²) in [5, 5.41) is 6.01. The average molecular weight is 302 g/mol. The zero-order chi connectivity index (χ0) is 14.1. The highest BCUT2D eigenvalue weighted by atomic mass is 35.5. The molecule has 0 spiro atoms. The molecule has 4 nitrogen and oxygen atoms in total. The average Bonchev–Trinajstić information content (AvgIpc) is 2.47. The fourth-order valence-corrected chi connectivity index (χ4v) is 2.34. The van der Waals surface area contributed by atoms with Crippen LogP contribution >= 0.6 is 12.4 Å². The van der Waals surface area contributed by atoms with Crippen molar-refractivity contribution in [3.05, 3.63) is 70.1 Å². The number of anilines is 1. The van der Waals surface area contributed by atoms with Crippen LogP contribution in [0.15, 0.2) is 53.3 Å². The van der Waals surface area contributed by atoms with Crippen LogP contribution in [0, 0.1) is 0 Å². The third kappa shape index (κ3) is 2.90. The summed E-state index contributed by atoms with van der Waals surface area (Å²) in [6, 6.07) is 15.3. The molecular formula is C16H16ClN3O. The van der Waals surface area contributed by atoms with Gasteiger partial charge in [-0.25, -0.2) is 4.68 Å². The first-order chi connectivity index (χ1) is 9.65. The standard InChI is InChI=1S/C16H15N3O.ClH/c1-19-16(20)14-5-3-2-4-13(14)15(18-19)10-11-6-8-12(17)9-7-11;/h2-9H,10,17H2,1H3;1H. The highest BCUT2D eigenvalue weighted by Crippen LogP contribution is 2.17. The maximum Gasteiger partial charge on any atom is 0.274 e. The van der Waals surface area contributed by atoms with E-state index < -0.39 is 0 Å². The Labute approximate surface area is 128 Å². The van der Waals surface area contributed by atoms with E-state index in [2.05, 4.69) is 5.10 Å².